The molecule has 3 fully saturated rings. The van der Waals surface area contributed by atoms with Crippen LogP contribution in [0.1, 0.15) is 75.9 Å². The second-order valence-electron chi connectivity index (χ2n) is 10.3. The first-order valence-electron chi connectivity index (χ1n) is 12.5. The molecule has 0 unspecified atom stereocenters. The molecule has 2 bridgehead atoms. The third-order valence-electron chi connectivity index (χ3n) is 8.49. The van der Waals surface area contributed by atoms with E-state index in [0.29, 0.717) is 12.5 Å². The normalized spacial score (nSPS) is 32.0. The number of rotatable bonds is 5. The van der Waals surface area contributed by atoms with Crippen LogP contribution in [-0.4, -0.2) is 45.7 Å². The average molecular weight is 428 g/mol. The van der Waals surface area contributed by atoms with Crippen molar-refractivity contribution in [1.82, 2.24) is 14.8 Å². The van der Waals surface area contributed by atoms with Crippen LogP contribution < -0.4 is 10.9 Å². The topological polar surface area (TPSA) is 74.6 Å². The molecular weight excluding hydrogens is 390 g/mol. The summed E-state index contributed by atoms with van der Waals surface area (Å²) >= 11 is 0. The Kier molecular flexibility index (Phi) is 6.20. The van der Waals surface area contributed by atoms with Crippen LogP contribution in [0.5, 0.6) is 0 Å². The van der Waals surface area contributed by atoms with Gasteiger partial charge in [-0.2, -0.15) is 0 Å². The van der Waals surface area contributed by atoms with E-state index >= 15 is 0 Å². The standard InChI is InChI=1S/C25H37N3O3/c29-16-19-21-15-27-20(12-7-13-22(27)30)24(28(21)14-17-8-3-1-4-9-17)23(19)25(31)26-18-10-5-2-6-11-18/h7,12-13,17-19,21,23-24,29H,1-6,8-11,14-16H2,(H,26,31)/t19-,21-,23+,24+/m0/s1. The average Bonchev–Trinajstić information content (AvgIpc) is 3.00. The molecular formula is C25H37N3O3. The summed E-state index contributed by atoms with van der Waals surface area (Å²) in [7, 11) is 0. The van der Waals surface area contributed by atoms with Gasteiger partial charge in [0.2, 0.25) is 5.91 Å². The van der Waals surface area contributed by atoms with E-state index in [-0.39, 0.29) is 48.0 Å². The number of aliphatic hydroxyl groups excluding tert-OH is 1. The summed E-state index contributed by atoms with van der Waals surface area (Å²) in [4.78, 5) is 28.8. The van der Waals surface area contributed by atoms with E-state index in [9.17, 15) is 14.7 Å². The maximum absolute atomic E-state index is 13.6. The Bertz CT molecular complexity index is 841. The van der Waals surface area contributed by atoms with Gasteiger partial charge in [0.25, 0.3) is 5.56 Å². The smallest absolute Gasteiger partial charge is 0.250 e. The molecule has 1 amide bonds. The van der Waals surface area contributed by atoms with E-state index in [0.717, 1.165) is 25.1 Å². The highest BCUT2D eigenvalue weighted by molar-refractivity contribution is 5.81. The first-order chi connectivity index (χ1) is 15.2. The van der Waals surface area contributed by atoms with Crippen molar-refractivity contribution in [3.05, 3.63) is 34.2 Å². The number of aromatic nitrogens is 1. The molecule has 3 heterocycles. The Labute approximate surface area is 185 Å². The monoisotopic (exact) mass is 427 g/mol. The number of carbonyl (C=O) groups excluding carboxylic acids is 1. The van der Waals surface area contributed by atoms with Crippen LogP contribution in [0.2, 0.25) is 0 Å². The van der Waals surface area contributed by atoms with E-state index in [2.05, 4.69) is 10.2 Å². The third kappa shape index (κ3) is 3.97. The van der Waals surface area contributed by atoms with Gasteiger partial charge in [0, 0.05) is 49.5 Å². The van der Waals surface area contributed by atoms with Crippen molar-refractivity contribution in [2.75, 3.05) is 13.2 Å². The molecule has 0 radical (unpaired) electrons. The van der Waals surface area contributed by atoms with Crippen molar-refractivity contribution < 1.29 is 9.90 Å². The summed E-state index contributed by atoms with van der Waals surface area (Å²) in [6.45, 7) is 1.55. The molecule has 5 rings (SSSR count). The highest BCUT2D eigenvalue weighted by Gasteiger charge is 2.55. The number of pyridine rings is 1. The molecule has 2 aliphatic carbocycles. The van der Waals surface area contributed by atoms with Gasteiger partial charge >= 0.3 is 0 Å². The first kappa shape index (κ1) is 21.2. The lowest BCUT2D eigenvalue weighted by Gasteiger charge is -2.40. The molecule has 6 nitrogen and oxygen atoms in total. The highest BCUT2D eigenvalue weighted by Crippen LogP contribution is 2.49. The molecule has 4 aliphatic rings. The summed E-state index contributed by atoms with van der Waals surface area (Å²) in [6, 6.07) is 5.66. The fourth-order valence-corrected chi connectivity index (χ4v) is 6.94. The number of nitrogens with one attached hydrogen (secondary N) is 1. The lowest BCUT2D eigenvalue weighted by atomic mass is 9.85. The van der Waals surface area contributed by atoms with Crippen LogP contribution in [0.25, 0.3) is 0 Å². The Morgan fingerprint density at radius 1 is 1.03 bits per heavy atom. The second-order valence-corrected chi connectivity index (χ2v) is 10.3. The van der Waals surface area contributed by atoms with Crippen LogP contribution in [-0.2, 0) is 11.3 Å². The molecule has 1 aromatic rings. The second kappa shape index (κ2) is 9.07. The van der Waals surface area contributed by atoms with Gasteiger partial charge in [0.15, 0.2) is 0 Å². The number of carbonyl (C=O) groups is 1. The van der Waals surface area contributed by atoms with Gasteiger partial charge in [-0.25, -0.2) is 0 Å². The number of amides is 1. The van der Waals surface area contributed by atoms with Gasteiger partial charge in [-0.3, -0.25) is 14.5 Å². The molecule has 1 aromatic heterocycles. The Morgan fingerprint density at radius 3 is 2.45 bits per heavy atom. The zero-order valence-corrected chi connectivity index (χ0v) is 18.5. The van der Waals surface area contributed by atoms with Gasteiger partial charge in [-0.05, 0) is 37.7 Å². The maximum Gasteiger partial charge on any atom is 0.250 e. The highest BCUT2D eigenvalue weighted by atomic mass is 16.3. The van der Waals surface area contributed by atoms with Gasteiger partial charge in [-0.1, -0.05) is 44.6 Å². The third-order valence-corrected chi connectivity index (χ3v) is 8.49. The Hall–Kier alpha value is -1.66. The van der Waals surface area contributed by atoms with Crippen LogP contribution in [0.3, 0.4) is 0 Å². The Balaban J connectivity index is 1.47. The predicted molar refractivity (Wildman–Crippen MR) is 120 cm³/mol. The minimum Gasteiger partial charge on any atom is -0.396 e. The van der Waals surface area contributed by atoms with Crippen molar-refractivity contribution in [3.63, 3.8) is 0 Å². The minimum absolute atomic E-state index is 0.00613. The summed E-state index contributed by atoms with van der Waals surface area (Å²) in [5, 5.41) is 13.8. The van der Waals surface area contributed by atoms with Gasteiger partial charge in [0.1, 0.15) is 0 Å². The molecule has 2 saturated carbocycles. The lowest BCUT2D eigenvalue weighted by Crippen LogP contribution is -2.48. The van der Waals surface area contributed by atoms with E-state index in [1.165, 1.54) is 51.4 Å². The van der Waals surface area contributed by atoms with Gasteiger partial charge < -0.3 is 15.0 Å². The molecule has 2 aliphatic heterocycles. The molecule has 1 saturated heterocycles. The fourth-order valence-electron chi connectivity index (χ4n) is 6.94. The SMILES string of the molecule is O=C(NC1CCCCC1)[C@@H]1[C@@H](CO)[C@@H]2Cn3c(cccc3=O)[C@H]1N2CC1CCCCC1. The number of hydrogen-bond acceptors (Lipinski definition) is 4. The van der Waals surface area contributed by atoms with Crippen molar-refractivity contribution >= 4 is 5.91 Å². The summed E-state index contributed by atoms with van der Waals surface area (Å²) in [5.74, 6) is 0.310. The number of hydrogen-bond donors (Lipinski definition) is 2. The first-order valence-corrected chi connectivity index (χ1v) is 12.5. The van der Waals surface area contributed by atoms with Crippen LogP contribution in [0.4, 0.5) is 0 Å². The maximum atomic E-state index is 13.6. The number of nitrogens with zero attached hydrogens (tertiary/aromatic N) is 2. The predicted octanol–water partition coefficient (Wildman–Crippen LogP) is 2.84. The zero-order valence-electron chi connectivity index (χ0n) is 18.5. The number of aliphatic hydroxyl groups is 1. The molecule has 2 N–H and O–H groups in total. The van der Waals surface area contributed by atoms with Crippen molar-refractivity contribution in [2.24, 2.45) is 17.8 Å². The summed E-state index contributed by atoms with van der Waals surface area (Å²) < 4.78 is 1.86. The van der Waals surface area contributed by atoms with E-state index in [4.69, 9.17) is 0 Å². The quantitative estimate of drug-likeness (QED) is 0.758. The van der Waals surface area contributed by atoms with Crippen molar-refractivity contribution in [2.45, 2.75) is 88.9 Å². The van der Waals surface area contributed by atoms with Crippen molar-refractivity contribution in [1.29, 1.82) is 0 Å². The van der Waals surface area contributed by atoms with E-state index in [1.807, 2.05) is 16.7 Å². The van der Waals surface area contributed by atoms with Crippen molar-refractivity contribution in [3.8, 4) is 0 Å². The molecule has 4 atom stereocenters. The lowest BCUT2D eigenvalue weighted by molar-refractivity contribution is -0.128. The van der Waals surface area contributed by atoms with E-state index < -0.39 is 0 Å². The van der Waals surface area contributed by atoms with Gasteiger partial charge in [0.05, 0.1) is 12.0 Å². The van der Waals surface area contributed by atoms with Gasteiger partial charge in [-0.15, -0.1) is 0 Å². The molecule has 0 spiro atoms. The minimum atomic E-state index is -0.295. The van der Waals surface area contributed by atoms with E-state index in [1.54, 1.807) is 6.07 Å². The Morgan fingerprint density at radius 2 is 1.74 bits per heavy atom. The molecule has 170 valence electrons. The van der Waals surface area contributed by atoms with Crippen LogP contribution in [0, 0.1) is 17.8 Å². The summed E-state index contributed by atoms with van der Waals surface area (Å²) in [5.41, 5.74) is 0.967. The number of fused-ring (bicyclic) bond motifs is 4. The van der Waals surface area contributed by atoms with Crippen LogP contribution >= 0.6 is 0 Å². The summed E-state index contributed by atoms with van der Waals surface area (Å²) in [6.07, 6.45) is 12.1. The van der Waals surface area contributed by atoms with Crippen LogP contribution in [0.15, 0.2) is 23.0 Å². The zero-order chi connectivity index (χ0) is 21.4. The largest absolute Gasteiger partial charge is 0.396 e. The molecule has 6 heteroatoms. The fraction of sp³-hybridized carbons (Fsp3) is 0.760. The molecule has 31 heavy (non-hydrogen) atoms. The molecule has 0 aromatic carbocycles.